The summed E-state index contributed by atoms with van der Waals surface area (Å²) in [6.07, 6.45) is 0. The molecular weight excluding hydrogens is 264 g/mol. The number of aliphatic imine (C=N–C) groups is 2. The zero-order chi connectivity index (χ0) is 15.7. The lowest BCUT2D eigenvalue weighted by Gasteiger charge is -2.16. The van der Waals surface area contributed by atoms with Gasteiger partial charge in [0.2, 0.25) is 0 Å². The summed E-state index contributed by atoms with van der Waals surface area (Å²) in [6, 6.07) is 0. The molecule has 0 saturated heterocycles. The fourth-order valence-corrected chi connectivity index (χ4v) is 1.84. The van der Waals surface area contributed by atoms with Crippen molar-refractivity contribution in [2.24, 2.45) is 21.8 Å². The van der Waals surface area contributed by atoms with Gasteiger partial charge in [0.25, 0.3) is 0 Å². The fraction of sp³-hybridized carbons (Fsp3) is 0.867. The van der Waals surface area contributed by atoms with Gasteiger partial charge in [-0.15, -0.1) is 0 Å². The van der Waals surface area contributed by atoms with Crippen LogP contribution in [0.15, 0.2) is 9.98 Å². The van der Waals surface area contributed by atoms with E-state index in [1.807, 2.05) is 0 Å². The normalized spacial score (nSPS) is 17.2. The average molecular weight is 296 g/mol. The Morgan fingerprint density at radius 2 is 1.71 bits per heavy atom. The number of nitrogens with one attached hydrogen (secondary N) is 3. The molecule has 0 amide bonds. The maximum atomic E-state index is 4.32. The standard InChI is InChI=1S/C8H17N3.C7H15N3/c1-7(2)6-10-8-9-4-5-11(8)3;1-6(2)5-10-7-8-3-4-9-7/h7H,4-6H2,1-3H3,(H,9,10);6H,3-5H2,1-2H3,(H2,8,9,10). The van der Waals surface area contributed by atoms with Gasteiger partial charge in [-0.1, -0.05) is 27.7 Å². The number of likely N-dealkylation sites (N-methyl/N-ethyl adjacent to an activating group) is 1. The average Bonchev–Trinajstić information content (AvgIpc) is 3.06. The van der Waals surface area contributed by atoms with Crippen molar-refractivity contribution < 1.29 is 0 Å². The number of guanidine groups is 2. The zero-order valence-corrected chi connectivity index (χ0v) is 14.2. The maximum absolute atomic E-state index is 4.32. The van der Waals surface area contributed by atoms with Crippen LogP contribution >= 0.6 is 0 Å². The van der Waals surface area contributed by atoms with Crippen molar-refractivity contribution in [1.82, 2.24) is 20.9 Å². The van der Waals surface area contributed by atoms with Crippen molar-refractivity contribution in [2.45, 2.75) is 27.7 Å². The van der Waals surface area contributed by atoms with E-state index < -0.39 is 0 Å². The second-order valence-electron chi connectivity index (χ2n) is 6.33. The molecule has 122 valence electrons. The molecule has 0 aromatic carbocycles. The van der Waals surface area contributed by atoms with Crippen LogP contribution in [0.5, 0.6) is 0 Å². The van der Waals surface area contributed by atoms with E-state index in [4.69, 9.17) is 0 Å². The van der Waals surface area contributed by atoms with Crippen molar-refractivity contribution >= 4 is 11.9 Å². The molecule has 3 N–H and O–H groups in total. The highest BCUT2D eigenvalue weighted by molar-refractivity contribution is 5.81. The second kappa shape index (κ2) is 9.47. The number of hydrogen-bond acceptors (Lipinski definition) is 6. The van der Waals surface area contributed by atoms with Crippen molar-refractivity contribution in [3.8, 4) is 0 Å². The fourth-order valence-electron chi connectivity index (χ4n) is 1.84. The van der Waals surface area contributed by atoms with Crippen LogP contribution < -0.4 is 16.0 Å². The predicted octanol–water partition coefficient (Wildman–Crippen LogP) is 0.725. The van der Waals surface area contributed by atoms with Crippen LogP contribution in [0.4, 0.5) is 0 Å². The smallest absolute Gasteiger partial charge is 0.193 e. The zero-order valence-electron chi connectivity index (χ0n) is 14.2. The second-order valence-corrected chi connectivity index (χ2v) is 6.33. The molecule has 2 heterocycles. The molecule has 0 atom stereocenters. The molecule has 0 aromatic rings. The lowest BCUT2D eigenvalue weighted by molar-refractivity contribution is 0.519. The van der Waals surface area contributed by atoms with Gasteiger partial charge in [0.1, 0.15) is 0 Å². The summed E-state index contributed by atoms with van der Waals surface area (Å²) < 4.78 is 0. The van der Waals surface area contributed by atoms with Crippen LogP contribution in [-0.2, 0) is 0 Å². The van der Waals surface area contributed by atoms with Crippen LogP contribution in [0.1, 0.15) is 27.7 Å². The Labute approximate surface area is 129 Å². The first-order valence-electron chi connectivity index (χ1n) is 8.00. The van der Waals surface area contributed by atoms with Crippen LogP contribution in [0.3, 0.4) is 0 Å². The molecule has 0 fully saturated rings. The van der Waals surface area contributed by atoms with Gasteiger partial charge < -0.3 is 20.9 Å². The maximum Gasteiger partial charge on any atom is 0.193 e. The van der Waals surface area contributed by atoms with Gasteiger partial charge in [0.15, 0.2) is 11.9 Å². The van der Waals surface area contributed by atoms with Crippen LogP contribution in [0.2, 0.25) is 0 Å². The molecule has 0 spiro atoms. The van der Waals surface area contributed by atoms with E-state index in [0.717, 1.165) is 51.2 Å². The lowest BCUT2D eigenvalue weighted by Crippen LogP contribution is -2.37. The molecule has 6 heteroatoms. The number of hydrogen-bond donors (Lipinski definition) is 3. The molecule has 2 rings (SSSR count). The van der Waals surface area contributed by atoms with Gasteiger partial charge in [0, 0.05) is 33.2 Å². The molecule has 2 aliphatic heterocycles. The van der Waals surface area contributed by atoms with E-state index in [9.17, 15) is 0 Å². The lowest BCUT2D eigenvalue weighted by atomic mass is 10.2. The Morgan fingerprint density at radius 1 is 1.05 bits per heavy atom. The van der Waals surface area contributed by atoms with Gasteiger partial charge in [-0.2, -0.15) is 0 Å². The summed E-state index contributed by atoms with van der Waals surface area (Å²) in [5, 5.41) is 9.68. The Kier molecular flexibility index (Phi) is 7.93. The third-order valence-corrected chi connectivity index (χ3v) is 3.08. The first-order chi connectivity index (χ1) is 9.99. The summed E-state index contributed by atoms with van der Waals surface area (Å²) in [5.74, 6) is 3.39. The molecule has 21 heavy (non-hydrogen) atoms. The Hall–Kier alpha value is -1.46. The summed E-state index contributed by atoms with van der Waals surface area (Å²) in [6.45, 7) is 14.7. The van der Waals surface area contributed by atoms with Gasteiger partial charge in [0.05, 0.1) is 13.1 Å². The van der Waals surface area contributed by atoms with Crippen molar-refractivity contribution in [3.05, 3.63) is 0 Å². The highest BCUT2D eigenvalue weighted by atomic mass is 15.3. The van der Waals surface area contributed by atoms with Gasteiger partial charge in [-0.05, 0) is 11.8 Å². The third kappa shape index (κ3) is 7.78. The van der Waals surface area contributed by atoms with Crippen LogP contribution in [-0.4, -0.2) is 63.1 Å². The van der Waals surface area contributed by atoms with Crippen molar-refractivity contribution in [3.63, 3.8) is 0 Å². The van der Waals surface area contributed by atoms with Gasteiger partial charge >= 0.3 is 0 Å². The first-order valence-corrected chi connectivity index (χ1v) is 8.00. The van der Waals surface area contributed by atoms with Gasteiger partial charge in [-0.25, -0.2) is 0 Å². The summed E-state index contributed by atoms with van der Waals surface area (Å²) in [4.78, 5) is 10.7. The SMILES string of the molecule is CC(C)CNC1=NCCN1.CC(C)CNC1=NCCN1C. The van der Waals surface area contributed by atoms with E-state index in [-0.39, 0.29) is 0 Å². The topological polar surface area (TPSA) is 64.0 Å². The van der Waals surface area contributed by atoms with Crippen molar-refractivity contribution in [2.75, 3.05) is 46.3 Å². The quantitative estimate of drug-likeness (QED) is 0.715. The molecule has 0 aromatic heterocycles. The van der Waals surface area contributed by atoms with Gasteiger partial charge in [-0.3, -0.25) is 9.98 Å². The minimum absolute atomic E-state index is 0.685. The Balaban J connectivity index is 0.000000211. The molecule has 0 aliphatic carbocycles. The summed E-state index contributed by atoms with van der Waals surface area (Å²) in [7, 11) is 2.07. The molecule has 0 saturated carbocycles. The molecule has 0 bridgehead atoms. The van der Waals surface area contributed by atoms with Crippen LogP contribution in [0, 0.1) is 11.8 Å². The van der Waals surface area contributed by atoms with E-state index >= 15 is 0 Å². The minimum Gasteiger partial charge on any atom is -0.356 e. The summed E-state index contributed by atoms with van der Waals surface area (Å²) in [5.41, 5.74) is 0. The molecule has 6 nitrogen and oxygen atoms in total. The van der Waals surface area contributed by atoms with Crippen LogP contribution in [0.25, 0.3) is 0 Å². The van der Waals surface area contributed by atoms with E-state index in [2.05, 4.69) is 65.6 Å². The predicted molar refractivity (Wildman–Crippen MR) is 90.9 cm³/mol. The highest BCUT2D eigenvalue weighted by Gasteiger charge is 2.11. The summed E-state index contributed by atoms with van der Waals surface area (Å²) >= 11 is 0. The molecule has 0 unspecified atom stereocenters. The Morgan fingerprint density at radius 3 is 2.19 bits per heavy atom. The minimum atomic E-state index is 0.685. The van der Waals surface area contributed by atoms with Crippen molar-refractivity contribution in [1.29, 1.82) is 0 Å². The highest BCUT2D eigenvalue weighted by Crippen LogP contribution is 1.96. The number of nitrogens with zero attached hydrogens (tertiary/aromatic N) is 3. The monoisotopic (exact) mass is 296 g/mol. The third-order valence-electron chi connectivity index (χ3n) is 3.08. The molecule has 0 radical (unpaired) electrons. The molecule has 2 aliphatic rings. The first kappa shape index (κ1) is 17.6. The molecular formula is C15H32N6. The van der Waals surface area contributed by atoms with E-state index in [0.29, 0.717) is 11.8 Å². The largest absolute Gasteiger partial charge is 0.356 e. The Bertz CT molecular complexity index is 348. The van der Waals surface area contributed by atoms with E-state index in [1.165, 1.54) is 0 Å². The van der Waals surface area contributed by atoms with E-state index in [1.54, 1.807) is 0 Å². The number of rotatable bonds is 4.